The van der Waals surface area contributed by atoms with E-state index in [2.05, 4.69) is 22.0 Å². The van der Waals surface area contributed by atoms with Crippen molar-refractivity contribution in [2.75, 3.05) is 14.2 Å². The predicted molar refractivity (Wildman–Crippen MR) is 106 cm³/mol. The smallest absolute Gasteiger partial charge is 0.355 e. The zero-order chi connectivity index (χ0) is 20.3. The van der Waals surface area contributed by atoms with Gasteiger partial charge < -0.3 is 14.0 Å². The van der Waals surface area contributed by atoms with Gasteiger partial charge in [-0.05, 0) is 42.0 Å². The molecule has 0 atom stereocenters. The largest absolute Gasteiger partial charge is 0.465 e. The quantitative estimate of drug-likeness (QED) is 0.565. The molecule has 1 heterocycles. The molecule has 7 heteroatoms. The van der Waals surface area contributed by atoms with Gasteiger partial charge in [0, 0.05) is 21.9 Å². The second kappa shape index (κ2) is 8.11. The number of rotatable bonds is 4. The number of hydrogen-bond acceptors (Lipinski definition) is 5. The summed E-state index contributed by atoms with van der Waals surface area (Å²) in [6.45, 7) is 0. The Bertz CT molecular complexity index is 1080. The molecule has 0 unspecified atom stereocenters. The molecule has 3 aromatic rings. The van der Waals surface area contributed by atoms with Crippen molar-refractivity contribution in [2.45, 2.75) is 0 Å². The Balaban J connectivity index is 2.32. The highest BCUT2D eigenvalue weighted by atomic mass is 79.9. The van der Waals surface area contributed by atoms with Crippen molar-refractivity contribution in [1.82, 2.24) is 4.57 Å². The molecule has 0 N–H and O–H groups in total. The SMILES string of the molecule is COC(=O)c1c(-c2ccc(C#N)cc2)cn(-c2ccc(Br)cc2)c1C(=O)OC. The average Bonchev–Trinajstić information content (AvgIpc) is 3.13. The third kappa shape index (κ3) is 3.55. The molecule has 6 nitrogen and oxygen atoms in total. The number of aromatic nitrogens is 1. The Morgan fingerprint density at radius 1 is 0.964 bits per heavy atom. The minimum Gasteiger partial charge on any atom is -0.465 e. The zero-order valence-corrected chi connectivity index (χ0v) is 16.7. The molecule has 1 aromatic heterocycles. The third-order valence-electron chi connectivity index (χ3n) is 4.20. The van der Waals surface area contributed by atoms with E-state index in [4.69, 9.17) is 14.7 Å². The first kappa shape index (κ1) is 19.4. The summed E-state index contributed by atoms with van der Waals surface area (Å²) in [6.07, 6.45) is 1.68. The Labute approximate surface area is 170 Å². The number of ether oxygens (including phenoxy) is 2. The number of carbonyl (C=O) groups excluding carboxylic acids is 2. The van der Waals surface area contributed by atoms with Crippen LogP contribution in [0, 0.1) is 11.3 Å². The number of nitrogens with zero attached hydrogens (tertiary/aromatic N) is 2. The van der Waals surface area contributed by atoms with Crippen LogP contribution in [-0.4, -0.2) is 30.7 Å². The summed E-state index contributed by atoms with van der Waals surface area (Å²) in [5.41, 5.74) is 2.50. The van der Waals surface area contributed by atoms with Gasteiger partial charge in [-0.1, -0.05) is 28.1 Å². The van der Waals surface area contributed by atoms with Crippen LogP contribution in [0.4, 0.5) is 0 Å². The fraction of sp³-hybridized carbons (Fsp3) is 0.0952. The van der Waals surface area contributed by atoms with Gasteiger partial charge in [0.1, 0.15) is 11.3 Å². The molecule has 3 rings (SSSR count). The summed E-state index contributed by atoms with van der Waals surface area (Å²) in [7, 11) is 2.51. The molecule has 0 aliphatic heterocycles. The van der Waals surface area contributed by atoms with Crippen LogP contribution >= 0.6 is 15.9 Å². The summed E-state index contributed by atoms with van der Waals surface area (Å²) in [5.74, 6) is -1.32. The van der Waals surface area contributed by atoms with Gasteiger partial charge >= 0.3 is 11.9 Å². The number of carbonyl (C=O) groups is 2. The van der Waals surface area contributed by atoms with Gasteiger partial charge in [-0.2, -0.15) is 5.26 Å². The van der Waals surface area contributed by atoms with E-state index in [0.717, 1.165) is 4.47 Å². The lowest BCUT2D eigenvalue weighted by Gasteiger charge is -2.09. The first-order valence-corrected chi connectivity index (χ1v) is 8.98. The summed E-state index contributed by atoms with van der Waals surface area (Å²) < 4.78 is 12.3. The van der Waals surface area contributed by atoms with Crippen molar-refractivity contribution in [3.8, 4) is 22.9 Å². The Morgan fingerprint density at radius 3 is 2.11 bits per heavy atom. The number of hydrogen-bond donors (Lipinski definition) is 0. The Morgan fingerprint density at radius 2 is 1.57 bits per heavy atom. The molecule has 28 heavy (non-hydrogen) atoms. The number of esters is 2. The molecule has 0 spiro atoms. The summed E-state index contributed by atoms with van der Waals surface area (Å²) in [4.78, 5) is 25.1. The van der Waals surface area contributed by atoms with E-state index in [9.17, 15) is 9.59 Å². The molecule has 0 bridgehead atoms. The number of halogens is 1. The lowest BCUT2D eigenvalue weighted by Crippen LogP contribution is -2.15. The van der Waals surface area contributed by atoms with Crippen LogP contribution in [0.1, 0.15) is 26.4 Å². The van der Waals surface area contributed by atoms with E-state index < -0.39 is 11.9 Å². The molecule has 2 aromatic carbocycles. The van der Waals surface area contributed by atoms with E-state index in [1.54, 1.807) is 47.2 Å². The van der Waals surface area contributed by atoms with Gasteiger partial charge in [-0.25, -0.2) is 9.59 Å². The molecule has 140 valence electrons. The molecule has 0 aliphatic carbocycles. The van der Waals surface area contributed by atoms with Crippen molar-refractivity contribution in [1.29, 1.82) is 5.26 Å². The zero-order valence-electron chi connectivity index (χ0n) is 15.1. The lowest BCUT2D eigenvalue weighted by atomic mass is 10.0. The highest BCUT2D eigenvalue weighted by molar-refractivity contribution is 9.10. The van der Waals surface area contributed by atoms with Crippen molar-refractivity contribution >= 4 is 27.9 Å². The number of benzene rings is 2. The molecular formula is C21H15BrN2O4. The fourth-order valence-electron chi connectivity index (χ4n) is 2.86. The minimum atomic E-state index is -0.664. The summed E-state index contributed by atoms with van der Waals surface area (Å²) in [6, 6.07) is 16.0. The standard InChI is InChI=1S/C21H15BrN2O4/c1-27-20(25)18-17(14-5-3-13(11-23)4-6-14)12-24(19(18)21(26)28-2)16-9-7-15(22)8-10-16/h3-10,12H,1-2H3. The van der Waals surface area contributed by atoms with Crippen molar-refractivity contribution in [3.63, 3.8) is 0 Å². The van der Waals surface area contributed by atoms with Crippen LogP contribution in [-0.2, 0) is 9.47 Å². The van der Waals surface area contributed by atoms with E-state index in [1.807, 2.05) is 12.1 Å². The maximum atomic E-state index is 12.6. The Kier molecular flexibility index (Phi) is 5.62. The minimum absolute atomic E-state index is 0.0658. The van der Waals surface area contributed by atoms with E-state index in [1.165, 1.54) is 14.2 Å². The molecular weight excluding hydrogens is 424 g/mol. The van der Waals surface area contributed by atoms with Crippen LogP contribution in [0.3, 0.4) is 0 Å². The van der Waals surface area contributed by atoms with Gasteiger partial charge in [0.2, 0.25) is 0 Å². The van der Waals surface area contributed by atoms with Crippen molar-refractivity contribution < 1.29 is 19.1 Å². The van der Waals surface area contributed by atoms with Gasteiger partial charge in [-0.3, -0.25) is 0 Å². The monoisotopic (exact) mass is 438 g/mol. The maximum Gasteiger partial charge on any atom is 0.355 e. The number of methoxy groups -OCH3 is 2. The van der Waals surface area contributed by atoms with Crippen LogP contribution < -0.4 is 0 Å². The summed E-state index contributed by atoms with van der Waals surface area (Å²) in [5, 5.41) is 9.01. The first-order valence-electron chi connectivity index (χ1n) is 8.18. The van der Waals surface area contributed by atoms with Gasteiger partial charge in [0.25, 0.3) is 0 Å². The fourth-order valence-corrected chi connectivity index (χ4v) is 3.12. The Hall–Kier alpha value is -3.37. The maximum absolute atomic E-state index is 12.6. The van der Waals surface area contributed by atoms with E-state index >= 15 is 0 Å². The molecule has 0 saturated carbocycles. The van der Waals surface area contributed by atoms with Gasteiger partial charge in [0.05, 0.1) is 25.9 Å². The van der Waals surface area contributed by atoms with E-state index in [-0.39, 0.29) is 11.3 Å². The van der Waals surface area contributed by atoms with Crippen molar-refractivity contribution in [3.05, 3.63) is 76.0 Å². The average molecular weight is 439 g/mol. The molecule has 0 saturated heterocycles. The third-order valence-corrected chi connectivity index (χ3v) is 4.73. The highest BCUT2D eigenvalue weighted by Gasteiger charge is 2.29. The molecule has 0 fully saturated rings. The van der Waals surface area contributed by atoms with Gasteiger partial charge in [-0.15, -0.1) is 0 Å². The van der Waals surface area contributed by atoms with Gasteiger partial charge in [0.15, 0.2) is 0 Å². The topological polar surface area (TPSA) is 81.3 Å². The molecule has 0 amide bonds. The lowest BCUT2D eigenvalue weighted by molar-refractivity contribution is 0.0550. The number of nitriles is 1. The molecule has 0 aliphatic rings. The molecule has 0 radical (unpaired) electrons. The van der Waals surface area contributed by atoms with Crippen LogP contribution in [0.25, 0.3) is 16.8 Å². The predicted octanol–water partition coefficient (Wildman–Crippen LogP) is 4.35. The summed E-state index contributed by atoms with van der Waals surface area (Å²) >= 11 is 3.38. The second-order valence-corrected chi connectivity index (χ2v) is 6.70. The normalized spacial score (nSPS) is 10.2. The second-order valence-electron chi connectivity index (χ2n) is 5.79. The van der Waals surface area contributed by atoms with Crippen LogP contribution in [0.15, 0.2) is 59.2 Å². The first-order chi connectivity index (χ1) is 13.5. The van der Waals surface area contributed by atoms with Crippen LogP contribution in [0.2, 0.25) is 0 Å². The van der Waals surface area contributed by atoms with Crippen molar-refractivity contribution in [2.24, 2.45) is 0 Å². The highest BCUT2D eigenvalue weighted by Crippen LogP contribution is 2.32. The van der Waals surface area contributed by atoms with Crippen LogP contribution in [0.5, 0.6) is 0 Å². The van der Waals surface area contributed by atoms with E-state index in [0.29, 0.717) is 22.4 Å².